The largest absolute Gasteiger partial charge is 0.314 e. The second kappa shape index (κ2) is 6.33. The highest BCUT2D eigenvalue weighted by molar-refractivity contribution is 4.93. The Balaban J connectivity index is 2.02. The summed E-state index contributed by atoms with van der Waals surface area (Å²) in [6.07, 6.45) is 2.70. The van der Waals surface area contributed by atoms with E-state index in [1.54, 1.807) is 0 Å². The van der Waals surface area contributed by atoms with Gasteiger partial charge in [-0.3, -0.25) is 4.90 Å². The van der Waals surface area contributed by atoms with E-state index in [1.807, 2.05) is 0 Å². The zero-order chi connectivity index (χ0) is 13.1. The Morgan fingerprint density at radius 1 is 1.11 bits per heavy atom. The van der Waals surface area contributed by atoms with Gasteiger partial charge in [-0.25, -0.2) is 0 Å². The van der Waals surface area contributed by atoms with Gasteiger partial charge in [0.15, 0.2) is 0 Å². The Morgan fingerprint density at radius 2 is 1.78 bits per heavy atom. The lowest BCUT2D eigenvalue weighted by Crippen LogP contribution is -2.61. The molecule has 2 rings (SSSR count). The van der Waals surface area contributed by atoms with Gasteiger partial charge in [0.05, 0.1) is 0 Å². The van der Waals surface area contributed by atoms with Crippen LogP contribution in [0, 0.1) is 5.92 Å². The smallest absolute Gasteiger partial charge is 0.0376 e. The van der Waals surface area contributed by atoms with Gasteiger partial charge < -0.3 is 15.1 Å². The standard InChI is InChI=1S/C14H30N4/c1-16(2)14(12-5-8-17(3)9-6-12)13-11-15-7-10-18(13)4/h12-15H,5-11H2,1-4H3. The maximum atomic E-state index is 3.57. The monoisotopic (exact) mass is 254 g/mol. The second-order valence-corrected chi connectivity index (χ2v) is 6.35. The average Bonchev–Trinajstić information content (AvgIpc) is 2.34. The lowest BCUT2D eigenvalue weighted by atomic mass is 9.83. The van der Waals surface area contributed by atoms with E-state index in [0.717, 1.165) is 19.0 Å². The van der Waals surface area contributed by atoms with Gasteiger partial charge in [-0.05, 0) is 60.0 Å². The number of hydrogen-bond acceptors (Lipinski definition) is 4. The molecule has 2 unspecified atom stereocenters. The molecule has 0 bridgehead atoms. The molecule has 4 nitrogen and oxygen atoms in total. The topological polar surface area (TPSA) is 21.8 Å². The van der Waals surface area contributed by atoms with Gasteiger partial charge in [-0.2, -0.15) is 0 Å². The molecule has 1 N–H and O–H groups in total. The van der Waals surface area contributed by atoms with Crippen LogP contribution in [-0.2, 0) is 0 Å². The molecule has 106 valence electrons. The molecule has 0 radical (unpaired) electrons. The summed E-state index contributed by atoms with van der Waals surface area (Å²) in [7, 11) is 9.04. The van der Waals surface area contributed by atoms with Crippen LogP contribution in [0.15, 0.2) is 0 Å². The molecule has 2 aliphatic heterocycles. The first kappa shape index (κ1) is 14.3. The average molecular weight is 254 g/mol. The van der Waals surface area contributed by atoms with E-state index in [2.05, 4.69) is 48.2 Å². The summed E-state index contributed by atoms with van der Waals surface area (Å²) in [5.41, 5.74) is 0. The minimum Gasteiger partial charge on any atom is -0.314 e. The highest BCUT2D eigenvalue weighted by Gasteiger charge is 2.35. The number of nitrogens with zero attached hydrogens (tertiary/aromatic N) is 3. The van der Waals surface area contributed by atoms with Crippen molar-refractivity contribution in [2.45, 2.75) is 24.9 Å². The molecule has 2 aliphatic rings. The molecule has 2 saturated heterocycles. The van der Waals surface area contributed by atoms with E-state index in [0.29, 0.717) is 12.1 Å². The van der Waals surface area contributed by atoms with Gasteiger partial charge in [-0.15, -0.1) is 0 Å². The van der Waals surface area contributed by atoms with E-state index in [-0.39, 0.29) is 0 Å². The Hall–Kier alpha value is -0.160. The van der Waals surface area contributed by atoms with Crippen LogP contribution in [0.5, 0.6) is 0 Å². The van der Waals surface area contributed by atoms with Crippen molar-refractivity contribution in [3.63, 3.8) is 0 Å². The first-order chi connectivity index (χ1) is 8.59. The third kappa shape index (κ3) is 3.23. The van der Waals surface area contributed by atoms with Gasteiger partial charge >= 0.3 is 0 Å². The third-order valence-corrected chi connectivity index (χ3v) is 4.80. The summed E-state index contributed by atoms with van der Waals surface area (Å²) in [4.78, 5) is 7.48. The summed E-state index contributed by atoms with van der Waals surface area (Å²) in [5.74, 6) is 0.851. The van der Waals surface area contributed by atoms with Gasteiger partial charge in [0, 0.05) is 31.7 Å². The molecule has 0 spiro atoms. The fourth-order valence-corrected chi connectivity index (χ4v) is 3.66. The fourth-order valence-electron chi connectivity index (χ4n) is 3.66. The van der Waals surface area contributed by atoms with E-state index >= 15 is 0 Å². The number of piperidine rings is 1. The summed E-state index contributed by atoms with van der Waals surface area (Å²) in [5, 5.41) is 3.57. The van der Waals surface area contributed by atoms with Crippen LogP contribution in [0.1, 0.15) is 12.8 Å². The SMILES string of the molecule is CN1CCC(C(C2CNCCN2C)N(C)C)CC1. The van der Waals surface area contributed by atoms with Gasteiger partial charge in [-0.1, -0.05) is 0 Å². The quantitative estimate of drug-likeness (QED) is 0.774. The number of hydrogen-bond donors (Lipinski definition) is 1. The van der Waals surface area contributed by atoms with Crippen molar-refractivity contribution in [2.24, 2.45) is 5.92 Å². The van der Waals surface area contributed by atoms with Gasteiger partial charge in [0.25, 0.3) is 0 Å². The number of piperazine rings is 1. The van der Waals surface area contributed by atoms with Crippen LogP contribution in [0.3, 0.4) is 0 Å². The zero-order valence-corrected chi connectivity index (χ0v) is 12.5. The molecule has 4 heteroatoms. The molecule has 0 saturated carbocycles. The van der Waals surface area contributed by atoms with Crippen LogP contribution < -0.4 is 5.32 Å². The van der Waals surface area contributed by atoms with Crippen molar-refractivity contribution in [1.82, 2.24) is 20.0 Å². The fraction of sp³-hybridized carbons (Fsp3) is 1.00. The number of nitrogens with one attached hydrogen (secondary N) is 1. The van der Waals surface area contributed by atoms with Crippen LogP contribution >= 0.6 is 0 Å². The molecule has 0 aromatic heterocycles. The van der Waals surface area contributed by atoms with Crippen molar-refractivity contribution in [3.05, 3.63) is 0 Å². The van der Waals surface area contributed by atoms with E-state index in [9.17, 15) is 0 Å². The van der Waals surface area contributed by atoms with E-state index in [1.165, 1.54) is 32.5 Å². The van der Waals surface area contributed by atoms with Gasteiger partial charge in [0.2, 0.25) is 0 Å². The molecule has 0 aliphatic carbocycles. The van der Waals surface area contributed by atoms with E-state index < -0.39 is 0 Å². The molecule has 0 aromatic rings. The molecule has 2 atom stereocenters. The van der Waals surface area contributed by atoms with Crippen molar-refractivity contribution in [1.29, 1.82) is 0 Å². The lowest BCUT2D eigenvalue weighted by molar-refractivity contribution is 0.0464. The molecular weight excluding hydrogens is 224 g/mol. The van der Waals surface area contributed by atoms with Crippen LogP contribution in [-0.4, -0.2) is 87.7 Å². The second-order valence-electron chi connectivity index (χ2n) is 6.35. The molecule has 2 heterocycles. The summed E-state index contributed by atoms with van der Waals surface area (Å²) >= 11 is 0. The Morgan fingerprint density at radius 3 is 2.33 bits per heavy atom. The summed E-state index contributed by atoms with van der Waals surface area (Å²) in [6.45, 7) is 5.99. The van der Waals surface area contributed by atoms with Crippen LogP contribution in [0.2, 0.25) is 0 Å². The number of rotatable bonds is 3. The lowest BCUT2D eigenvalue weighted by Gasteiger charge is -2.46. The number of likely N-dealkylation sites (N-methyl/N-ethyl adjacent to an activating group) is 2. The first-order valence-corrected chi connectivity index (χ1v) is 7.35. The van der Waals surface area contributed by atoms with E-state index in [4.69, 9.17) is 0 Å². The van der Waals surface area contributed by atoms with Crippen LogP contribution in [0.4, 0.5) is 0 Å². The predicted octanol–water partition coefficient (Wildman–Crippen LogP) is 0.162. The van der Waals surface area contributed by atoms with Crippen molar-refractivity contribution in [3.8, 4) is 0 Å². The maximum Gasteiger partial charge on any atom is 0.0376 e. The molecule has 0 aromatic carbocycles. The Labute approximate surface area is 112 Å². The Kier molecular flexibility index (Phi) is 5.01. The zero-order valence-electron chi connectivity index (χ0n) is 12.5. The predicted molar refractivity (Wildman–Crippen MR) is 77.0 cm³/mol. The maximum absolute atomic E-state index is 3.57. The summed E-state index contributed by atoms with van der Waals surface area (Å²) < 4.78 is 0. The number of likely N-dealkylation sites (tertiary alicyclic amines) is 1. The van der Waals surface area contributed by atoms with Gasteiger partial charge in [0.1, 0.15) is 0 Å². The highest BCUT2D eigenvalue weighted by Crippen LogP contribution is 2.26. The first-order valence-electron chi connectivity index (χ1n) is 7.35. The molecule has 0 amide bonds. The highest BCUT2D eigenvalue weighted by atomic mass is 15.3. The summed E-state index contributed by atoms with van der Waals surface area (Å²) in [6, 6.07) is 1.36. The normalized spacial score (nSPS) is 30.8. The Bertz CT molecular complexity index is 248. The van der Waals surface area contributed by atoms with Crippen molar-refractivity contribution < 1.29 is 0 Å². The molecule has 18 heavy (non-hydrogen) atoms. The van der Waals surface area contributed by atoms with Crippen LogP contribution in [0.25, 0.3) is 0 Å². The minimum absolute atomic E-state index is 0.669. The molecular formula is C14H30N4. The molecule has 2 fully saturated rings. The minimum atomic E-state index is 0.669. The van der Waals surface area contributed by atoms with Crippen molar-refractivity contribution >= 4 is 0 Å². The third-order valence-electron chi connectivity index (χ3n) is 4.80. The van der Waals surface area contributed by atoms with Crippen molar-refractivity contribution in [2.75, 3.05) is 60.9 Å².